The Hall–Kier alpha value is -1.68. The summed E-state index contributed by atoms with van der Waals surface area (Å²) in [5, 5.41) is 2.23. The molecule has 14 heavy (non-hydrogen) atoms. The van der Waals surface area contributed by atoms with Gasteiger partial charge < -0.3 is 4.98 Å². The average Bonchev–Trinajstić information content (AvgIpc) is 2.60. The van der Waals surface area contributed by atoms with Crippen LogP contribution >= 0.6 is 0 Å². The first-order chi connectivity index (χ1) is 6.83. The van der Waals surface area contributed by atoms with Gasteiger partial charge in [-0.2, -0.15) is 0 Å². The van der Waals surface area contributed by atoms with E-state index >= 15 is 0 Å². The van der Waals surface area contributed by atoms with E-state index in [-0.39, 0.29) is 0 Å². The van der Waals surface area contributed by atoms with Gasteiger partial charge in [0.25, 0.3) is 0 Å². The molecule has 0 aromatic carbocycles. The third-order valence-corrected chi connectivity index (χ3v) is 2.09. The van der Waals surface area contributed by atoms with Crippen LogP contribution in [0.5, 0.6) is 0 Å². The van der Waals surface area contributed by atoms with Crippen LogP contribution in [-0.2, 0) is 0 Å². The van der Waals surface area contributed by atoms with Crippen LogP contribution in [-0.4, -0.2) is 4.98 Å². The highest BCUT2D eigenvalue weighted by Crippen LogP contribution is 1.85. The predicted molar refractivity (Wildman–Crippen MR) is 62.0 cm³/mol. The maximum Gasteiger partial charge on any atom is 0.0492 e. The number of aromatic nitrogens is 1. The van der Waals surface area contributed by atoms with Gasteiger partial charge in [0.15, 0.2) is 0 Å². The molecule has 0 bridgehead atoms. The molecule has 1 aromatic rings. The second-order valence-corrected chi connectivity index (χ2v) is 2.97. The number of rotatable bonds is 2. The molecule has 0 aliphatic heterocycles. The predicted octanol–water partition coefficient (Wildman–Crippen LogP) is 1.54. The van der Waals surface area contributed by atoms with Crippen molar-refractivity contribution in [3.8, 4) is 12.3 Å². The Morgan fingerprint density at radius 1 is 1.50 bits per heavy atom. The summed E-state index contributed by atoms with van der Waals surface area (Å²) in [7, 11) is 0. The van der Waals surface area contributed by atoms with Crippen molar-refractivity contribution in [1.82, 2.24) is 4.98 Å². The lowest BCUT2D eigenvalue weighted by atomic mass is 10.2. The number of allylic oxidation sites excluding steroid dienone is 2. The van der Waals surface area contributed by atoms with Gasteiger partial charge in [0, 0.05) is 22.3 Å². The van der Waals surface area contributed by atoms with Crippen LogP contribution in [0.25, 0.3) is 12.2 Å². The number of H-pyrrole nitrogens is 1. The molecule has 0 radical (unpaired) electrons. The van der Waals surface area contributed by atoms with Crippen molar-refractivity contribution in [3.05, 3.63) is 34.5 Å². The van der Waals surface area contributed by atoms with Gasteiger partial charge in [-0.25, -0.2) is 0 Å². The topological polar surface area (TPSA) is 15.8 Å². The van der Waals surface area contributed by atoms with E-state index in [4.69, 9.17) is 6.42 Å². The van der Waals surface area contributed by atoms with Gasteiger partial charge in [-0.3, -0.25) is 0 Å². The molecule has 0 spiro atoms. The lowest BCUT2D eigenvalue weighted by Crippen LogP contribution is -2.23. The third-order valence-electron chi connectivity index (χ3n) is 2.09. The third kappa shape index (κ3) is 2.17. The van der Waals surface area contributed by atoms with E-state index in [0.29, 0.717) is 0 Å². The highest BCUT2D eigenvalue weighted by molar-refractivity contribution is 5.40. The molecule has 1 N–H and O–H groups in total. The van der Waals surface area contributed by atoms with E-state index in [9.17, 15) is 0 Å². The summed E-state index contributed by atoms with van der Waals surface area (Å²) in [6.07, 6.45) is 16.5. The van der Waals surface area contributed by atoms with Gasteiger partial charge in [-0.05, 0) is 20.3 Å². The van der Waals surface area contributed by atoms with Gasteiger partial charge in [0.2, 0.25) is 0 Å². The van der Waals surface area contributed by atoms with Crippen LogP contribution in [0.4, 0.5) is 0 Å². The van der Waals surface area contributed by atoms with Gasteiger partial charge in [0.05, 0.1) is 0 Å². The van der Waals surface area contributed by atoms with Crippen molar-refractivity contribution in [2.45, 2.75) is 20.3 Å². The molecule has 0 saturated heterocycles. The molecule has 0 unspecified atom stereocenters. The minimum absolute atomic E-state index is 0.930. The van der Waals surface area contributed by atoms with Gasteiger partial charge in [-0.1, -0.05) is 30.2 Å². The second kappa shape index (κ2) is 5.14. The lowest BCUT2D eigenvalue weighted by Gasteiger charge is -1.82. The lowest BCUT2D eigenvalue weighted by molar-refractivity contribution is 1.28. The molecule has 0 amide bonds. The molecule has 1 heterocycles. The van der Waals surface area contributed by atoms with Crippen LogP contribution in [0.2, 0.25) is 0 Å². The monoisotopic (exact) mass is 185 g/mol. The molecule has 72 valence electrons. The van der Waals surface area contributed by atoms with Gasteiger partial charge >= 0.3 is 0 Å². The fourth-order valence-electron chi connectivity index (χ4n) is 1.37. The Labute approximate surface area is 84.9 Å². The quantitative estimate of drug-likeness (QED) is 0.531. The molecule has 0 fully saturated rings. The number of hydrogen-bond donors (Lipinski definition) is 1. The van der Waals surface area contributed by atoms with Gasteiger partial charge in [-0.15, -0.1) is 6.42 Å². The Morgan fingerprint density at radius 3 is 2.86 bits per heavy atom. The summed E-state index contributed by atoms with van der Waals surface area (Å²) in [5.74, 6) is 2.66. The second-order valence-electron chi connectivity index (χ2n) is 2.97. The Morgan fingerprint density at radius 2 is 2.29 bits per heavy atom. The molecular weight excluding hydrogens is 170 g/mol. The summed E-state index contributed by atoms with van der Waals surface area (Å²) in [4.78, 5) is 3.17. The van der Waals surface area contributed by atoms with Crippen LogP contribution in [0.1, 0.15) is 25.8 Å². The highest BCUT2D eigenvalue weighted by Gasteiger charge is 1.92. The summed E-state index contributed by atoms with van der Waals surface area (Å²) >= 11 is 0. The zero-order valence-corrected chi connectivity index (χ0v) is 8.67. The number of terminal acetylenes is 1. The van der Waals surface area contributed by atoms with E-state index < -0.39 is 0 Å². The Kier molecular flexibility index (Phi) is 3.82. The molecule has 0 atom stereocenters. The van der Waals surface area contributed by atoms with Crippen LogP contribution in [0.15, 0.2) is 18.3 Å². The zero-order valence-electron chi connectivity index (χ0n) is 8.67. The molecule has 0 aliphatic rings. The smallest absolute Gasteiger partial charge is 0.0492 e. The maximum atomic E-state index is 5.38. The summed E-state index contributed by atoms with van der Waals surface area (Å²) in [6, 6.07) is 0. The highest BCUT2D eigenvalue weighted by atomic mass is 14.7. The average molecular weight is 185 g/mol. The first-order valence-corrected chi connectivity index (χ1v) is 4.75. The van der Waals surface area contributed by atoms with E-state index in [1.807, 2.05) is 32.2 Å². The molecule has 0 aliphatic carbocycles. The van der Waals surface area contributed by atoms with Crippen molar-refractivity contribution in [2.24, 2.45) is 0 Å². The standard InChI is InChI=1S/C13H15N/c1-4-7-8-9-13-12(6-3)11(5-2)10-14-13/h2,4,6-7,9-10,14H,8H2,1,3H3/b7-4-,12-6-,13-9+. The molecule has 0 saturated carbocycles. The fraction of sp³-hybridized carbons (Fsp3) is 0.231. The van der Waals surface area contributed by atoms with Crippen molar-refractivity contribution in [2.75, 3.05) is 0 Å². The zero-order chi connectivity index (χ0) is 10.4. The van der Waals surface area contributed by atoms with Gasteiger partial charge in [0.1, 0.15) is 0 Å². The molecule has 1 heteroatoms. The van der Waals surface area contributed by atoms with Crippen molar-refractivity contribution < 1.29 is 0 Å². The van der Waals surface area contributed by atoms with Crippen molar-refractivity contribution >= 4 is 12.2 Å². The maximum absolute atomic E-state index is 5.38. The number of nitrogens with one attached hydrogen (secondary N) is 1. The molecule has 1 nitrogen and oxygen atoms in total. The number of aromatic amines is 1. The number of hydrogen-bond acceptors (Lipinski definition) is 0. The Balaban J connectivity index is 3.18. The van der Waals surface area contributed by atoms with Crippen LogP contribution in [0, 0.1) is 12.3 Å². The Bertz CT molecular complexity index is 466. The van der Waals surface area contributed by atoms with Crippen molar-refractivity contribution in [1.29, 1.82) is 0 Å². The van der Waals surface area contributed by atoms with E-state index in [1.54, 1.807) is 0 Å². The largest absolute Gasteiger partial charge is 0.360 e. The summed E-state index contributed by atoms with van der Waals surface area (Å²) in [5.41, 5.74) is 0.930. The molecule has 1 aromatic heterocycles. The minimum Gasteiger partial charge on any atom is -0.360 e. The first-order valence-electron chi connectivity index (χ1n) is 4.75. The van der Waals surface area contributed by atoms with E-state index in [1.165, 1.54) is 0 Å². The van der Waals surface area contributed by atoms with E-state index in [0.717, 1.165) is 22.6 Å². The fourth-order valence-corrected chi connectivity index (χ4v) is 1.37. The summed E-state index contributed by atoms with van der Waals surface area (Å²) in [6.45, 7) is 4.01. The normalized spacial score (nSPS) is 13.8. The van der Waals surface area contributed by atoms with E-state index in [2.05, 4.69) is 23.1 Å². The van der Waals surface area contributed by atoms with Crippen molar-refractivity contribution in [3.63, 3.8) is 0 Å². The minimum atomic E-state index is 0.930. The molecular formula is C13H15N. The SMILES string of the molecule is C#Cc1c[nH]c(=C/C/C=C\C)/c1=C\C. The molecule has 1 rings (SSSR count). The summed E-state index contributed by atoms with van der Waals surface area (Å²) < 4.78 is 0. The van der Waals surface area contributed by atoms with Crippen LogP contribution < -0.4 is 10.6 Å². The first kappa shape index (κ1) is 10.4. The van der Waals surface area contributed by atoms with Crippen LogP contribution in [0.3, 0.4) is 0 Å².